The molecule has 0 aliphatic rings. The highest BCUT2D eigenvalue weighted by molar-refractivity contribution is 5.59. The Bertz CT molecular complexity index is 758. The number of aromatic nitrogens is 3. The third kappa shape index (κ3) is 4.03. The van der Waals surface area contributed by atoms with Crippen molar-refractivity contribution in [1.82, 2.24) is 15.0 Å². The maximum Gasteiger partial charge on any atom is 0.229 e. The van der Waals surface area contributed by atoms with Crippen LogP contribution in [0, 0.1) is 0 Å². The molecule has 2 aromatic heterocycles. The maximum absolute atomic E-state index is 4.51. The molecule has 3 aromatic rings. The van der Waals surface area contributed by atoms with Gasteiger partial charge >= 0.3 is 0 Å². The number of pyridine rings is 1. The van der Waals surface area contributed by atoms with Gasteiger partial charge in [-0.2, -0.15) is 4.98 Å². The average Bonchev–Trinajstić information content (AvgIpc) is 2.62. The van der Waals surface area contributed by atoms with Gasteiger partial charge < -0.3 is 10.6 Å². The topological polar surface area (TPSA) is 62.7 Å². The molecule has 2 heterocycles. The van der Waals surface area contributed by atoms with Crippen LogP contribution in [0.25, 0.3) is 0 Å². The van der Waals surface area contributed by atoms with Crippen LogP contribution in [-0.4, -0.2) is 15.0 Å². The molecule has 0 saturated carbocycles. The lowest BCUT2D eigenvalue weighted by atomic mass is 10.1. The minimum atomic E-state index is 0.589. The van der Waals surface area contributed by atoms with E-state index in [0.717, 1.165) is 23.5 Å². The first-order valence-corrected chi connectivity index (χ1v) is 7.66. The molecule has 0 saturated heterocycles. The summed E-state index contributed by atoms with van der Waals surface area (Å²) in [5.74, 6) is 1.37. The van der Waals surface area contributed by atoms with Gasteiger partial charge in [0.25, 0.3) is 0 Å². The molecular formula is C18H19N5. The lowest BCUT2D eigenvalue weighted by Crippen LogP contribution is -2.05. The van der Waals surface area contributed by atoms with Gasteiger partial charge in [-0.25, -0.2) is 4.98 Å². The van der Waals surface area contributed by atoms with E-state index in [1.54, 1.807) is 18.6 Å². The first-order valence-electron chi connectivity index (χ1n) is 7.66. The Kier molecular flexibility index (Phi) is 4.79. The second-order valence-corrected chi connectivity index (χ2v) is 5.11. The Labute approximate surface area is 135 Å². The van der Waals surface area contributed by atoms with E-state index in [1.807, 2.05) is 36.4 Å². The quantitative estimate of drug-likeness (QED) is 0.725. The van der Waals surface area contributed by atoms with E-state index in [0.29, 0.717) is 12.5 Å². The molecule has 0 unspecified atom stereocenters. The Hall–Kier alpha value is -2.95. The van der Waals surface area contributed by atoms with Crippen molar-refractivity contribution in [2.75, 3.05) is 10.6 Å². The van der Waals surface area contributed by atoms with Gasteiger partial charge in [0.1, 0.15) is 5.82 Å². The molecule has 2 N–H and O–H groups in total. The number of benzene rings is 1. The molecule has 0 atom stereocenters. The first kappa shape index (κ1) is 15.0. The summed E-state index contributed by atoms with van der Waals surface area (Å²) in [6.45, 7) is 2.83. The first-order chi connectivity index (χ1) is 11.3. The summed E-state index contributed by atoms with van der Waals surface area (Å²) >= 11 is 0. The van der Waals surface area contributed by atoms with Crippen molar-refractivity contribution in [2.24, 2.45) is 0 Å². The molecule has 116 valence electrons. The number of rotatable bonds is 6. The largest absolute Gasteiger partial charge is 0.366 e. The van der Waals surface area contributed by atoms with Crippen LogP contribution >= 0.6 is 0 Å². The van der Waals surface area contributed by atoms with E-state index in [-0.39, 0.29) is 0 Å². The normalized spacial score (nSPS) is 10.3. The number of hydrogen-bond acceptors (Lipinski definition) is 5. The van der Waals surface area contributed by atoms with Gasteiger partial charge in [0.15, 0.2) is 0 Å². The fourth-order valence-electron chi connectivity index (χ4n) is 2.28. The Morgan fingerprint density at radius 2 is 1.78 bits per heavy atom. The van der Waals surface area contributed by atoms with Crippen molar-refractivity contribution in [2.45, 2.75) is 19.9 Å². The molecular weight excluding hydrogens is 286 g/mol. The standard InChI is InChI=1S/C18H19N5/c1-2-15-5-3-4-6-16(15)22-18-20-12-9-17(23-18)21-13-14-7-10-19-11-8-14/h3-12H,2,13H2,1H3,(H2,20,21,22,23). The summed E-state index contributed by atoms with van der Waals surface area (Å²) in [5.41, 5.74) is 3.44. The fourth-order valence-corrected chi connectivity index (χ4v) is 2.28. The highest BCUT2D eigenvalue weighted by Crippen LogP contribution is 2.19. The van der Waals surface area contributed by atoms with Crippen LogP contribution in [0.3, 0.4) is 0 Å². The van der Waals surface area contributed by atoms with E-state index in [2.05, 4.69) is 38.6 Å². The van der Waals surface area contributed by atoms with Gasteiger partial charge in [-0.05, 0) is 41.8 Å². The zero-order chi connectivity index (χ0) is 15.9. The van der Waals surface area contributed by atoms with Crippen molar-refractivity contribution in [1.29, 1.82) is 0 Å². The second-order valence-electron chi connectivity index (χ2n) is 5.11. The molecule has 0 amide bonds. The van der Waals surface area contributed by atoms with Crippen LogP contribution in [0.2, 0.25) is 0 Å². The van der Waals surface area contributed by atoms with Crippen molar-refractivity contribution >= 4 is 17.5 Å². The summed E-state index contributed by atoms with van der Waals surface area (Å²) in [5, 5.41) is 6.59. The molecule has 5 nitrogen and oxygen atoms in total. The predicted octanol–water partition coefficient (Wildman–Crippen LogP) is 3.79. The third-order valence-electron chi connectivity index (χ3n) is 3.52. The third-order valence-corrected chi connectivity index (χ3v) is 3.52. The Morgan fingerprint density at radius 1 is 0.957 bits per heavy atom. The van der Waals surface area contributed by atoms with Gasteiger partial charge in [-0.15, -0.1) is 0 Å². The van der Waals surface area contributed by atoms with Crippen LogP contribution in [0.4, 0.5) is 17.5 Å². The SMILES string of the molecule is CCc1ccccc1Nc1nccc(NCc2ccncc2)n1. The predicted molar refractivity (Wildman–Crippen MR) is 92.7 cm³/mol. The second kappa shape index (κ2) is 7.35. The summed E-state index contributed by atoms with van der Waals surface area (Å²) in [6, 6.07) is 14.0. The van der Waals surface area contributed by atoms with Gasteiger partial charge in [-0.1, -0.05) is 25.1 Å². The van der Waals surface area contributed by atoms with Crippen LogP contribution < -0.4 is 10.6 Å². The number of aryl methyl sites for hydroxylation is 1. The minimum absolute atomic E-state index is 0.589. The monoisotopic (exact) mass is 305 g/mol. The summed E-state index contributed by atoms with van der Waals surface area (Å²) in [7, 11) is 0. The molecule has 1 aromatic carbocycles. The molecule has 3 rings (SSSR count). The zero-order valence-corrected chi connectivity index (χ0v) is 13.0. The molecule has 0 bridgehead atoms. The van der Waals surface area contributed by atoms with Gasteiger partial charge in [0.05, 0.1) is 0 Å². The molecule has 0 aliphatic carbocycles. The van der Waals surface area contributed by atoms with Gasteiger partial charge in [0, 0.05) is 30.8 Å². The van der Waals surface area contributed by atoms with E-state index >= 15 is 0 Å². The smallest absolute Gasteiger partial charge is 0.229 e. The highest BCUT2D eigenvalue weighted by Gasteiger charge is 2.03. The van der Waals surface area contributed by atoms with Gasteiger partial charge in [-0.3, -0.25) is 4.98 Å². The van der Waals surface area contributed by atoms with Crippen LogP contribution in [0.15, 0.2) is 61.1 Å². The average molecular weight is 305 g/mol. The minimum Gasteiger partial charge on any atom is -0.366 e. The van der Waals surface area contributed by atoms with E-state index in [1.165, 1.54) is 5.56 Å². The fraction of sp³-hybridized carbons (Fsp3) is 0.167. The molecule has 23 heavy (non-hydrogen) atoms. The van der Waals surface area contributed by atoms with E-state index in [4.69, 9.17) is 0 Å². The lowest BCUT2D eigenvalue weighted by molar-refractivity contribution is 1.07. The highest BCUT2D eigenvalue weighted by atomic mass is 15.1. The number of para-hydroxylation sites is 1. The lowest BCUT2D eigenvalue weighted by Gasteiger charge is -2.11. The van der Waals surface area contributed by atoms with Crippen LogP contribution in [0.1, 0.15) is 18.1 Å². The Balaban J connectivity index is 1.70. The number of nitrogens with zero attached hydrogens (tertiary/aromatic N) is 3. The summed E-state index contributed by atoms with van der Waals surface area (Å²) in [4.78, 5) is 12.8. The Morgan fingerprint density at radius 3 is 2.61 bits per heavy atom. The van der Waals surface area contributed by atoms with Crippen molar-refractivity contribution in [3.05, 3.63) is 72.2 Å². The molecule has 0 radical (unpaired) electrons. The number of anilines is 3. The maximum atomic E-state index is 4.51. The van der Waals surface area contributed by atoms with Crippen LogP contribution in [-0.2, 0) is 13.0 Å². The molecule has 0 fully saturated rings. The molecule has 0 spiro atoms. The molecule has 5 heteroatoms. The molecule has 0 aliphatic heterocycles. The summed E-state index contributed by atoms with van der Waals surface area (Å²) < 4.78 is 0. The zero-order valence-electron chi connectivity index (χ0n) is 13.0. The van der Waals surface area contributed by atoms with Crippen LogP contribution in [0.5, 0.6) is 0 Å². The van der Waals surface area contributed by atoms with Crippen molar-refractivity contribution in [3.63, 3.8) is 0 Å². The van der Waals surface area contributed by atoms with Crippen molar-refractivity contribution < 1.29 is 0 Å². The number of nitrogens with one attached hydrogen (secondary N) is 2. The van der Waals surface area contributed by atoms with Crippen molar-refractivity contribution in [3.8, 4) is 0 Å². The van der Waals surface area contributed by atoms with Gasteiger partial charge in [0.2, 0.25) is 5.95 Å². The van der Waals surface area contributed by atoms with E-state index < -0.39 is 0 Å². The van der Waals surface area contributed by atoms with E-state index in [9.17, 15) is 0 Å². The number of hydrogen-bond donors (Lipinski definition) is 2. The summed E-state index contributed by atoms with van der Waals surface area (Å²) in [6.07, 6.45) is 6.28.